The Kier molecular flexibility index (Phi) is 4.40. The molecule has 0 bridgehead atoms. The Hall–Kier alpha value is -2.95. The third-order valence-corrected chi connectivity index (χ3v) is 3.57. The van der Waals surface area contributed by atoms with Gasteiger partial charge in [-0.05, 0) is 31.9 Å². The van der Waals surface area contributed by atoms with Crippen LogP contribution in [0.2, 0.25) is 0 Å². The molecule has 0 atom stereocenters. The molecule has 128 valence electrons. The number of nitrogen functional groups attached to an aromatic ring is 1. The lowest BCUT2D eigenvalue weighted by Crippen LogP contribution is -2.25. The third kappa shape index (κ3) is 3.76. The van der Waals surface area contributed by atoms with Crippen molar-refractivity contribution in [2.75, 3.05) is 12.3 Å². The number of aromatic nitrogens is 4. The first-order chi connectivity index (χ1) is 11.9. The van der Waals surface area contributed by atoms with Crippen LogP contribution in [0.3, 0.4) is 0 Å². The van der Waals surface area contributed by atoms with Crippen LogP contribution in [0.25, 0.3) is 22.2 Å². The molecular formula is C18H19N5O2. The highest BCUT2D eigenvalue weighted by Gasteiger charge is 2.18. The number of aliphatic hydroxyl groups is 2. The van der Waals surface area contributed by atoms with Gasteiger partial charge in [0.25, 0.3) is 0 Å². The molecule has 0 aliphatic heterocycles. The molecular weight excluding hydrogens is 318 g/mol. The van der Waals surface area contributed by atoms with E-state index in [-0.39, 0.29) is 12.6 Å². The summed E-state index contributed by atoms with van der Waals surface area (Å²) in [5.41, 5.74) is 7.75. The van der Waals surface area contributed by atoms with E-state index in [0.29, 0.717) is 17.9 Å². The van der Waals surface area contributed by atoms with Crippen molar-refractivity contribution in [3.63, 3.8) is 0 Å². The number of pyridine rings is 1. The second-order valence-corrected chi connectivity index (χ2v) is 6.33. The van der Waals surface area contributed by atoms with Crippen LogP contribution in [-0.2, 0) is 6.54 Å². The van der Waals surface area contributed by atoms with Crippen molar-refractivity contribution in [1.82, 2.24) is 19.5 Å². The van der Waals surface area contributed by atoms with Gasteiger partial charge in [-0.2, -0.15) is 0 Å². The summed E-state index contributed by atoms with van der Waals surface area (Å²) in [6, 6.07) is 3.62. The molecule has 0 aliphatic rings. The van der Waals surface area contributed by atoms with E-state index in [9.17, 15) is 5.11 Å². The van der Waals surface area contributed by atoms with E-state index in [1.165, 1.54) is 0 Å². The highest BCUT2D eigenvalue weighted by molar-refractivity contribution is 5.95. The van der Waals surface area contributed by atoms with Crippen molar-refractivity contribution in [1.29, 1.82) is 0 Å². The Bertz CT molecular complexity index is 977. The van der Waals surface area contributed by atoms with E-state index in [1.807, 2.05) is 16.8 Å². The van der Waals surface area contributed by atoms with Gasteiger partial charge in [-0.15, -0.1) is 0 Å². The van der Waals surface area contributed by atoms with Crippen LogP contribution in [0.5, 0.6) is 0 Å². The Balaban J connectivity index is 2.22. The maximum atomic E-state index is 10.2. The average molecular weight is 337 g/mol. The van der Waals surface area contributed by atoms with Crippen molar-refractivity contribution < 1.29 is 10.2 Å². The molecule has 0 unspecified atom stereocenters. The van der Waals surface area contributed by atoms with E-state index in [0.717, 1.165) is 16.5 Å². The van der Waals surface area contributed by atoms with Crippen molar-refractivity contribution in [3.05, 3.63) is 36.4 Å². The predicted molar refractivity (Wildman–Crippen MR) is 95.4 cm³/mol. The molecule has 0 fully saturated rings. The number of fused-ring (bicyclic) bond motifs is 1. The minimum absolute atomic E-state index is 0.190. The Morgan fingerprint density at radius 1 is 1.32 bits per heavy atom. The summed E-state index contributed by atoms with van der Waals surface area (Å²) >= 11 is 0. The lowest BCUT2D eigenvalue weighted by molar-refractivity contribution is 0.0628. The van der Waals surface area contributed by atoms with Gasteiger partial charge in [0.05, 0.1) is 29.6 Å². The maximum Gasteiger partial charge on any atom is 0.220 e. The molecule has 0 amide bonds. The molecule has 25 heavy (non-hydrogen) atoms. The first-order valence-electron chi connectivity index (χ1n) is 7.77. The van der Waals surface area contributed by atoms with Crippen LogP contribution in [0.15, 0.2) is 30.7 Å². The normalized spacial score (nSPS) is 11.4. The van der Waals surface area contributed by atoms with Crippen LogP contribution in [0, 0.1) is 11.8 Å². The maximum absolute atomic E-state index is 10.2. The lowest BCUT2D eigenvalue weighted by Gasteiger charge is -2.18. The second-order valence-electron chi connectivity index (χ2n) is 6.33. The summed E-state index contributed by atoms with van der Waals surface area (Å²) < 4.78 is 1.93. The first kappa shape index (κ1) is 16.9. The molecule has 7 heteroatoms. The van der Waals surface area contributed by atoms with Crippen LogP contribution in [0.4, 0.5) is 5.95 Å². The van der Waals surface area contributed by atoms with Gasteiger partial charge in [0.1, 0.15) is 12.3 Å². The van der Waals surface area contributed by atoms with Gasteiger partial charge in [0.2, 0.25) is 5.95 Å². The largest absolute Gasteiger partial charge is 0.389 e. The Labute approximate surface area is 145 Å². The summed E-state index contributed by atoms with van der Waals surface area (Å²) in [5, 5.41) is 19.9. The highest BCUT2D eigenvalue weighted by atomic mass is 16.3. The zero-order chi connectivity index (χ0) is 18.0. The fraction of sp³-hybridized carbons (Fsp3) is 0.278. The van der Waals surface area contributed by atoms with E-state index in [2.05, 4.69) is 26.8 Å². The lowest BCUT2D eigenvalue weighted by atomic mass is 10.1. The minimum atomic E-state index is -0.886. The highest BCUT2D eigenvalue weighted by Crippen LogP contribution is 2.30. The molecule has 0 saturated carbocycles. The summed E-state index contributed by atoms with van der Waals surface area (Å²) in [4.78, 5) is 12.5. The van der Waals surface area contributed by atoms with E-state index < -0.39 is 5.60 Å². The van der Waals surface area contributed by atoms with Gasteiger partial charge < -0.3 is 20.5 Å². The molecule has 0 aliphatic carbocycles. The summed E-state index contributed by atoms with van der Waals surface area (Å²) in [6.07, 6.45) is 5.22. The fourth-order valence-electron chi connectivity index (χ4n) is 2.66. The van der Waals surface area contributed by atoms with Gasteiger partial charge in [-0.3, -0.25) is 0 Å². The number of nitrogens with two attached hydrogens (primary N) is 1. The molecule has 0 aromatic carbocycles. The Morgan fingerprint density at radius 2 is 2.12 bits per heavy atom. The number of aliphatic hydroxyl groups excluding tert-OH is 1. The van der Waals surface area contributed by atoms with Crippen molar-refractivity contribution in [2.24, 2.45) is 0 Å². The first-order valence-corrected chi connectivity index (χ1v) is 7.77. The molecule has 7 nitrogen and oxygen atoms in total. The van der Waals surface area contributed by atoms with E-state index in [1.54, 1.807) is 32.3 Å². The summed E-state index contributed by atoms with van der Waals surface area (Å²) in [7, 11) is 0. The third-order valence-electron chi connectivity index (χ3n) is 3.57. The molecule has 4 N–H and O–H groups in total. The van der Waals surface area contributed by atoms with Crippen molar-refractivity contribution in [2.45, 2.75) is 26.0 Å². The van der Waals surface area contributed by atoms with E-state index >= 15 is 0 Å². The molecule has 0 saturated heterocycles. The van der Waals surface area contributed by atoms with Crippen LogP contribution in [-0.4, -0.2) is 41.9 Å². The smallest absolute Gasteiger partial charge is 0.220 e. The zero-order valence-corrected chi connectivity index (χ0v) is 14.1. The van der Waals surface area contributed by atoms with Crippen LogP contribution < -0.4 is 5.73 Å². The second kappa shape index (κ2) is 6.51. The van der Waals surface area contributed by atoms with Crippen LogP contribution in [0.1, 0.15) is 19.5 Å². The van der Waals surface area contributed by atoms with E-state index in [4.69, 9.17) is 10.8 Å². The minimum Gasteiger partial charge on any atom is -0.389 e. The van der Waals surface area contributed by atoms with Gasteiger partial charge in [0.15, 0.2) is 0 Å². The monoisotopic (exact) mass is 337 g/mol. The molecule has 3 aromatic heterocycles. The quantitative estimate of drug-likeness (QED) is 0.619. The van der Waals surface area contributed by atoms with Crippen LogP contribution >= 0.6 is 0 Å². The number of hydrogen-bond acceptors (Lipinski definition) is 6. The molecule has 0 radical (unpaired) electrons. The molecule has 3 aromatic rings. The predicted octanol–water partition coefficient (Wildman–Crippen LogP) is 1.19. The van der Waals surface area contributed by atoms with Gasteiger partial charge in [-0.1, -0.05) is 5.92 Å². The van der Waals surface area contributed by atoms with Gasteiger partial charge in [0, 0.05) is 23.3 Å². The summed E-state index contributed by atoms with van der Waals surface area (Å²) in [6.45, 7) is 3.66. The number of nitrogens with zero attached hydrogens (tertiary/aromatic N) is 4. The average Bonchev–Trinajstić information content (AvgIpc) is 2.89. The number of hydrogen-bond donors (Lipinski definition) is 3. The number of rotatable bonds is 3. The zero-order valence-electron chi connectivity index (χ0n) is 14.1. The Morgan fingerprint density at radius 3 is 2.80 bits per heavy atom. The standard InChI is InChI=1S/C18H19N5O2/c1-18(2,25)11-23-10-14(15-5-6-20-17(19)22-15)13-8-12(4-3-7-24)21-9-16(13)23/h5-6,8-10,24-25H,7,11H2,1-2H3,(H2,19,20,22). The summed E-state index contributed by atoms with van der Waals surface area (Å²) in [5.74, 6) is 5.59. The fourth-order valence-corrected chi connectivity index (χ4v) is 2.66. The van der Waals surface area contributed by atoms with Crippen molar-refractivity contribution in [3.8, 4) is 23.1 Å². The molecule has 0 spiro atoms. The topological polar surface area (TPSA) is 110 Å². The number of anilines is 1. The molecule has 3 heterocycles. The van der Waals surface area contributed by atoms with Crippen molar-refractivity contribution >= 4 is 16.9 Å². The molecule has 3 rings (SSSR count). The SMILES string of the molecule is CC(C)(O)Cn1cc(-c2ccnc(N)n2)c2cc(C#CCO)ncc21. The van der Waals surface area contributed by atoms with Gasteiger partial charge in [-0.25, -0.2) is 15.0 Å². The van der Waals surface area contributed by atoms with Gasteiger partial charge >= 0.3 is 0 Å².